The fraction of sp³-hybridized carbons (Fsp3) is 0.231. The molecule has 2 rings (SSSR count). The number of furan rings is 1. The second-order valence-electron chi connectivity index (χ2n) is 3.82. The summed E-state index contributed by atoms with van der Waals surface area (Å²) in [4.78, 5) is 16.9. The Labute approximate surface area is 114 Å². The van der Waals surface area contributed by atoms with E-state index < -0.39 is 0 Å². The van der Waals surface area contributed by atoms with Crippen LogP contribution in [0, 0.1) is 25.7 Å². The predicted octanol–water partition coefficient (Wildman–Crippen LogP) is 1.92. The zero-order chi connectivity index (χ0) is 13.8. The molecule has 0 spiro atoms. The number of nitrogens with zero attached hydrogens (tertiary/aromatic N) is 1. The number of nitrogens with one attached hydrogen (secondary N) is 1. The molecule has 2 heterocycles. The minimum atomic E-state index is -0.234. The fourth-order valence-corrected chi connectivity index (χ4v) is 2.23. The van der Waals surface area contributed by atoms with Crippen molar-refractivity contribution in [1.82, 2.24) is 4.98 Å². The number of aromatic nitrogens is 1. The van der Waals surface area contributed by atoms with Gasteiger partial charge in [-0.25, -0.2) is 4.98 Å². The first-order valence-corrected chi connectivity index (χ1v) is 6.45. The highest BCUT2D eigenvalue weighted by molar-refractivity contribution is 7.16. The third kappa shape index (κ3) is 3.22. The average Bonchev–Trinajstić information content (AvgIpc) is 2.93. The van der Waals surface area contributed by atoms with Gasteiger partial charge in [0.15, 0.2) is 5.13 Å². The quantitative estimate of drug-likeness (QED) is 0.820. The number of thiazole rings is 1. The number of amides is 1. The zero-order valence-electron chi connectivity index (χ0n) is 10.6. The van der Waals surface area contributed by atoms with E-state index >= 15 is 0 Å². The lowest BCUT2D eigenvalue weighted by atomic mass is 10.2. The number of carbonyl (C=O) groups is 1. The first kappa shape index (κ1) is 13.3. The van der Waals surface area contributed by atoms with Gasteiger partial charge in [0.1, 0.15) is 11.5 Å². The summed E-state index contributed by atoms with van der Waals surface area (Å²) in [5, 5.41) is 3.22. The van der Waals surface area contributed by atoms with E-state index in [4.69, 9.17) is 10.2 Å². The molecule has 0 bridgehead atoms. The van der Waals surface area contributed by atoms with Crippen molar-refractivity contribution in [3.63, 3.8) is 0 Å². The van der Waals surface area contributed by atoms with Crippen LogP contribution in [-0.4, -0.2) is 17.4 Å². The molecule has 0 aromatic carbocycles. The molecule has 0 fully saturated rings. The molecule has 98 valence electrons. The molecule has 1 amide bonds. The van der Waals surface area contributed by atoms with Gasteiger partial charge < -0.3 is 10.2 Å². The Morgan fingerprint density at radius 3 is 3.00 bits per heavy atom. The van der Waals surface area contributed by atoms with Crippen LogP contribution in [0.4, 0.5) is 5.13 Å². The summed E-state index contributed by atoms with van der Waals surface area (Å²) < 4.78 is 5.32. The van der Waals surface area contributed by atoms with Gasteiger partial charge in [-0.1, -0.05) is 23.2 Å². The van der Waals surface area contributed by atoms with E-state index in [1.54, 1.807) is 26.1 Å². The molecular formula is C13H13N3O2S. The maximum atomic E-state index is 12.0. The molecule has 0 aliphatic heterocycles. The predicted molar refractivity (Wildman–Crippen MR) is 74.2 cm³/mol. The summed E-state index contributed by atoms with van der Waals surface area (Å²) in [7, 11) is 0. The minimum Gasteiger partial charge on any atom is -0.466 e. The van der Waals surface area contributed by atoms with Gasteiger partial charge in [-0.2, -0.15) is 0 Å². The Morgan fingerprint density at radius 2 is 2.37 bits per heavy atom. The molecule has 0 saturated carbocycles. The van der Waals surface area contributed by atoms with Crippen molar-refractivity contribution in [1.29, 1.82) is 0 Å². The standard InChI is InChI=1S/C13H13N3O2S/c1-8-6-11(9(2)18-8)12(17)16-13-15-7-10(19-13)4-3-5-14/h6-7H,5,14H2,1-2H3,(H,15,16,17). The number of anilines is 1. The number of rotatable bonds is 2. The first-order valence-electron chi connectivity index (χ1n) is 5.63. The van der Waals surface area contributed by atoms with E-state index in [-0.39, 0.29) is 5.91 Å². The highest BCUT2D eigenvalue weighted by atomic mass is 32.1. The molecule has 2 aromatic rings. The van der Waals surface area contributed by atoms with Gasteiger partial charge in [0.2, 0.25) is 0 Å². The summed E-state index contributed by atoms with van der Waals surface area (Å²) >= 11 is 1.31. The van der Waals surface area contributed by atoms with Crippen LogP contribution in [0.3, 0.4) is 0 Å². The van der Waals surface area contributed by atoms with E-state index in [0.29, 0.717) is 28.8 Å². The Balaban J connectivity index is 2.11. The number of carbonyl (C=O) groups excluding carboxylic acids is 1. The molecule has 19 heavy (non-hydrogen) atoms. The lowest BCUT2D eigenvalue weighted by Gasteiger charge is -1.98. The van der Waals surface area contributed by atoms with Gasteiger partial charge in [0.05, 0.1) is 23.2 Å². The van der Waals surface area contributed by atoms with Crippen LogP contribution in [-0.2, 0) is 0 Å². The molecule has 0 aliphatic carbocycles. The van der Waals surface area contributed by atoms with Gasteiger partial charge in [0, 0.05) is 0 Å². The van der Waals surface area contributed by atoms with Crippen molar-refractivity contribution in [2.45, 2.75) is 13.8 Å². The van der Waals surface area contributed by atoms with Crippen LogP contribution < -0.4 is 11.1 Å². The maximum absolute atomic E-state index is 12.0. The van der Waals surface area contributed by atoms with Crippen LogP contribution in [0.5, 0.6) is 0 Å². The highest BCUT2D eigenvalue weighted by Crippen LogP contribution is 2.20. The fourth-order valence-electron chi connectivity index (χ4n) is 1.55. The Bertz CT molecular complexity index is 661. The summed E-state index contributed by atoms with van der Waals surface area (Å²) in [5.41, 5.74) is 5.81. The molecule has 0 atom stereocenters. The number of aryl methyl sites for hydroxylation is 2. The van der Waals surface area contributed by atoms with E-state index in [2.05, 4.69) is 22.1 Å². The van der Waals surface area contributed by atoms with Gasteiger partial charge in [0.25, 0.3) is 5.91 Å². The number of hydrogen-bond acceptors (Lipinski definition) is 5. The molecule has 0 aliphatic rings. The van der Waals surface area contributed by atoms with Crippen molar-refractivity contribution in [2.24, 2.45) is 5.73 Å². The van der Waals surface area contributed by atoms with Crippen LogP contribution in [0.2, 0.25) is 0 Å². The van der Waals surface area contributed by atoms with E-state index in [1.165, 1.54) is 11.3 Å². The van der Waals surface area contributed by atoms with Crippen molar-refractivity contribution in [3.8, 4) is 11.8 Å². The van der Waals surface area contributed by atoms with E-state index in [1.807, 2.05) is 0 Å². The second kappa shape index (κ2) is 5.69. The van der Waals surface area contributed by atoms with Crippen LogP contribution in [0.25, 0.3) is 0 Å². The van der Waals surface area contributed by atoms with Gasteiger partial charge in [-0.15, -0.1) is 0 Å². The van der Waals surface area contributed by atoms with Gasteiger partial charge >= 0.3 is 0 Å². The molecule has 0 saturated heterocycles. The summed E-state index contributed by atoms with van der Waals surface area (Å²) in [6.07, 6.45) is 1.61. The topological polar surface area (TPSA) is 81.2 Å². The van der Waals surface area contributed by atoms with Crippen molar-refractivity contribution >= 4 is 22.4 Å². The molecule has 0 radical (unpaired) electrons. The molecule has 0 unspecified atom stereocenters. The molecule has 2 aromatic heterocycles. The lowest BCUT2D eigenvalue weighted by molar-refractivity contribution is 0.102. The van der Waals surface area contributed by atoms with Crippen LogP contribution in [0.15, 0.2) is 16.7 Å². The smallest absolute Gasteiger partial charge is 0.260 e. The monoisotopic (exact) mass is 275 g/mol. The van der Waals surface area contributed by atoms with Gasteiger partial charge in [-0.05, 0) is 19.9 Å². The molecule has 3 N–H and O–H groups in total. The summed E-state index contributed by atoms with van der Waals surface area (Å²) in [6.45, 7) is 3.85. The Hall–Kier alpha value is -2.10. The van der Waals surface area contributed by atoms with Crippen LogP contribution in [0.1, 0.15) is 26.8 Å². The highest BCUT2D eigenvalue weighted by Gasteiger charge is 2.14. The number of nitrogens with two attached hydrogens (primary N) is 1. The van der Waals surface area contributed by atoms with Crippen molar-refractivity contribution < 1.29 is 9.21 Å². The Morgan fingerprint density at radius 1 is 1.58 bits per heavy atom. The number of hydrogen-bond donors (Lipinski definition) is 2. The van der Waals surface area contributed by atoms with Crippen molar-refractivity contribution in [3.05, 3.63) is 34.2 Å². The van der Waals surface area contributed by atoms with Crippen LogP contribution >= 0.6 is 11.3 Å². The van der Waals surface area contributed by atoms with Crippen molar-refractivity contribution in [2.75, 3.05) is 11.9 Å². The largest absolute Gasteiger partial charge is 0.466 e. The SMILES string of the molecule is Cc1cc(C(=O)Nc2ncc(C#CCN)s2)c(C)o1. The third-order valence-electron chi connectivity index (χ3n) is 2.33. The molecular weight excluding hydrogens is 262 g/mol. The van der Waals surface area contributed by atoms with E-state index in [9.17, 15) is 4.79 Å². The summed E-state index contributed by atoms with van der Waals surface area (Å²) in [5.74, 6) is 6.66. The molecule has 6 heteroatoms. The Kier molecular flexibility index (Phi) is 4.00. The zero-order valence-corrected chi connectivity index (χ0v) is 11.4. The summed E-state index contributed by atoms with van der Waals surface area (Å²) in [6, 6.07) is 1.70. The molecule has 5 nitrogen and oxygen atoms in total. The maximum Gasteiger partial charge on any atom is 0.260 e. The van der Waals surface area contributed by atoms with E-state index in [0.717, 1.165) is 4.88 Å². The second-order valence-corrected chi connectivity index (χ2v) is 4.85. The minimum absolute atomic E-state index is 0.234. The average molecular weight is 275 g/mol. The first-order chi connectivity index (χ1) is 9.10. The lowest BCUT2D eigenvalue weighted by Crippen LogP contribution is -2.11. The normalized spacial score (nSPS) is 9.84. The van der Waals surface area contributed by atoms with Gasteiger partial charge in [-0.3, -0.25) is 10.1 Å². The third-order valence-corrected chi connectivity index (χ3v) is 3.15.